The van der Waals surface area contributed by atoms with Crippen LogP contribution in [0.3, 0.4) is 0 Å². The summed E-state index contributed by atoms with van der Waals surface area (Å²) >= 11 is 0. The summed E-state index contributed by atoms with van der Waals surface area (Å²) in [6, 6.07) is 14.6. The minimum atomic E-state index is -0.826. The summed E-state index contributed by atoms with van der Waals surface area (Å²) in [5.41, 5.74) is 9.43. The monoisotopic (exact) mass is 463 g/mol. The smallest absolute Gasteiger partial charge is 0.304 e. The molecule has 0 spiro atoms. The number of allylic oxidation sites excluding steroid dienone is 1. The summed E-state index contributed by atoms with van der Waals surface area (Å²) in [7, 11) is 3.78. The molecular formula is C28H37N3O3. The lowest BCUT2D eigenvalue weighted by molar-refractivity contribution is -0.137. The molecule has 0 aromatic heterocycles. The fourth-order valence-electron chi connectivity index (χ4n) is 5.19. The lowest BCUT2D eigenvalue weighted by Crippen LogP contribution is -2.36. The molecule has 0 radical (unpaired) electrons. The van der Waals surface area contributed by atoms with Crippen LogP contribution in [0.2, 0.25) is 0 Å². The number of hydrogen-bond donors (Lipinski definition) is 2. The third kappa shape index (κ3) is 4.92. The second kappa shape index (κ2) is 8.99. The molecule has 34 heavy (non-hydrogen) atoms. The van der Waals surface area contributed by atoms with Gasteiger partial charge < -0.3 is 9.84 Å². The number of hydrazine groups is 2. The molecule has 2 aromatic carbocycles. The predicted molar refractivity (Wildman–Crippen MR) is 134 cm³/mol. The Kier molecular flexibility index (Phi) is 6.38. The number of benzene rings is 2. The SMILES string of the molecule is CN1C=C([C@@H](CC(=O)O)c2ccc(OCc3ccc4c(c3)C(C)(C)CCC4(C)C)cc2)N(C)N1. The van der Waals surface area contributed by atoms with Crippen molar-refractivity contribution >= 4 is 5.97 Å². The Bertz CT molecular complexity index is 1090. The van der Waals surface area contributed by atoms with Crippen molar-refractivity contribution in [2.45, 2.75) is 70.3 Å². The molecule has 0 unspecified atom stereocenters. The second-order valence-corrected chi connectivity index (χ2v) is 11.0. The normalized spacial score (nSPS) is 19.4. The molecule has 0 fully saturated rings. The Balaban J connectivity index is 1.49. The number of aliphatic carboxylic acids is 1. The first kappa shape index (κ1) is 24.1. The van der Waals surface area contributed by atoms with E-state index in [1.165, 1.54) is 29.5 Å². The van der Waals surface area contributed by atoms with Gasteiger partial charge in [0.1, 0.15) is 12.4 Å². The molecule has 2 aliphatic rings. The van der Waals surface area contributed by atoms with Crippen LogP contribution < -0.4 is 10.3 Å². The van der Waals surface area contributed by atoms with E-state index in [-0.39, 0.29) is 23.2 Å². The molecule has 1 aliphatic heterocycles. The standard InChI is InChI=1S/C28H37N3O3/c1-27(2)13-14-28(3,4)24-15-19(7-12-23(24)27)18-34-21-10-8-20(9-11-21)22(16-26(32)33)25-17-30(5)29-31(25)6/h7-12,15,17,22,29H,13-14,16,18H2,1-6H3,(H,32,33)/t22-/m0/s1. The van der Waals surface area contributed by atoms with Crippen molar-refractivity contribution in [3.05, 3.63) is 76.6 Å². The molecule has 4 rings (SSSR count). The van der Waals surface area contributed by atoms with E-state index in [2.05, 4.69) is 51.4 Å². The molecule has 0 amide bonds. The molecule has 6 heteroatoms. The maximum absolute atomic E-state index is 11.5. The van der Waals surface area contributed by atoms with Crippen LogP contribution in [-0.2, 0) is 22.2 Å². The molecule has 1 aliphatic carbocycles. The summed E-state index contributed by atoms with van der Waals surface area (Å²) < 4.78 is 6.12. The number of nitrogens with one attached hydrogen (secondary N) is 1. The third-order valence-corrected chi connectivity index (χ3v) is 7.36. The number of nitrogens with zero attached hydrogens (tertiary/aromatic N) is 2. The Morgan fingerprint density at radius 2 is 1.68 bits per heavy atom. The first-order valence-electron chi connectivity index (χ1n) is 12.0. The van der Waals surface area contributed by atoms with Crippen molar-refractivity contribution in [2.75, 3.05) is 14.1 Å². The molecule has 2 aromatic rings. The lowest BCUT2D eigenvalue weighted by atomic mass is 9.63. The van der Waals surface area contributed by atoms with E-state index in [0.29, 0.717) is 6.61 Å². The highest BCUT2D eigenvalue weighted by molar-refractivity contribution is 5.69. The van der Waals surface area contributed by atoms with Gasteiger partial charge in [-0.25, -0.2) is 0 Å². The number of carbonyl (C=O) groups is 1. The van der Waals surface area contributed by atoms with Crippen molar-refractivity contribution in [1.29, 1.82) is 0 Å². The van der Waals surface area contributed by atoms with E-state index < -0.39 is 5.97 Å². The second-order valence-electron chi connectivity index (χ2n) is 11.0. The maximum Gasteiger partial charge on any atom is 0.304 e. The van der Waals surface area contributed by atoms with Gasteiger partial charge in [-0.2, -0.15) is 0 Å². The number of carboxylic acids is 1. The van der Waals surface area contributed by atoms with Gasteiger partial charge in [0, 0.05) is 26.2 Å². The Labute approximate surface area is 203 Å². The average Bonchev–Trinajstić information content (AvgIpc) is 3.12. The third-order valence-electron chi connectivity index (χ3n) is 7.36. The quantitative estimate of drug-likeness (QED) is 0.580. The van der Waals surface area contributed by atoms with E-state index in [1.54, 1.807) is 0 Å². The van der Waals surface area contributed by atoms with Crippen LogP contribution in [0.1, 0.15) is 75.1 Å². The Morgan fingerprint density at radius 1 is 1.03 bits per heavy atom. The van der Waals surface area contributed by atoms with Crippen LogP contribution in [0.15, 0.2) is 54.4 Å². The van der Waals surface area contributed by atoms with E-state index in [4.69, 9.17) is 4.74 Å². The van der Waals surface area contributed by atoms with Gasteiger partial charge in [0.25, 0.3) is 0 Å². The summed E-state index contributed by atoms with van der Waals surface area (Å²) in [4.78, 5) is 11.5. The molecule has 182 valence electrons. The summed E-state index contributed by atoms with van der Waals surface area (Å²) in [5, 5.41) is 13.2. The zero-order valence-corrected chi connectivity index (χ0v) is 21.2. The number of hydrogen-bond acceptors (Lipinski definition) is 5. The highest BCUT2D eigenvalue weighted by atomic mass is 16.5. The van der Waals surface area contributed by atoms with Crippen LogP contribution in [-0.4, -0.2) is 35.2 Å². The summed E-state index contributed by atoms with van der Waals surface area (Å²) in [6.45, 7) is 9.85. The van der Waals surface area contributed by atoms with Gasteiger partial charge >= 0.3 is 5.97 Å². The van der Waals surface area contributed by atoms with Crippen molar-refractivity contribution in [2.24, 2.45) is 0 Å². The van der Waals surface area contributed by atoms with Crippen molar-refractivity contribution in [3.8, 4) is 5.75 Å². The number of rotatable bonds is 7. The van der Waals surface area contributed by atoms with Crippen molar-refractivity contribution < 1.29 is 14.6 Å². The van der Waals surface area contributed by atoms with Crippen LogP contribution in [0, 0.1) is 0 Å². The zero-order valence-electron chi connectivity index (χ0n) is 21.2. The Hall–Kier alpha value is -2.99. The molecule has 1 heterocycles. The predicted octanol–water partition coefficient (Wildman–Crippen LogP) is 5.31. The number of fused-ring (bicyclic) bond motifs is 1. The fraction of sp³-hybridized carbons (Fsp3) is 0.464. The first-order valence-corrected chi connectivity index (χ1v) is 12.0. The van der Waals surface area contributed by atoms with E-state index in [1.807, 2.05) is 54.6 Å². The highest BCUT2D eigenvalue weighted by Crippen LogP contribution is 2.46. The molecular weight excluding hydrogens is 426 g/mol. The van der Waals surface area contributed by atoms with Gasteiger partial charge in [0.15, 0.2) is 0 Å². The number of carboxylic acid groups (broad SMARTS) is 1. The highest BCUT2D eigenvalue weighted by Gasteiger charge is 2.37. The van der Waals surface area contributed by atoms with Crippen LogP contribution >= 0.6 is 0 Å². The first-order chi connectivity index (χ1) is 16.0. The van der Waals surface area contributed by atoms with E-state index in [0.717, 1.165) is 17.0 Å². The minimum absolute atomic E-state index is 0.0210. The number of ether oxygens (including phenoxy) is 1. The topological polar surface area (TPSA) is 65.0 Å². The van der Waals surface area contributed by atoms with Crippen molar-refractivity contribution in [3.63, 3.8) is 0 Å². The Morgan fingerprint density at radius 3 is 2.26 bits per heavy atom. The van der Waals surface area contributed by atoms with Crippen molar-refractivity contribution in [1.82, 2.24) is 15.6 Å². The summed E-state index contributed by atoms with van der Waals surface area (Å²) in [6.07, 6.45) is 4.34. The van der Waals surface area contributed by atoms with Crippen LogP contribution in [0.4, 0.5) is 0 Å². The molecule has 6 nitrogen and oxygen atoms in total. The fourth-order valence-corrected chi connectivity index (χ4v) is 5.19. The molecule has 0 bridgehead atoms. The van der Waals surface area contributed by atoms with E-state index in [9.17, 15) is 9.90 Å². The lowest BCUT2D eigenvalue weighted by Gasteiger charge is -2.42. The minimum Gasteiger partial charge on any atom is -0.489 e. The van der Waals surface area contributed by atoms with Gasteiger partial charge in [-0.1, -0.05) is 58.0 Å². The van der Waals surface area contributed by atoms with Gasteiger partial charge in [-0.15, -0.1) is 5.53 Å². The molecule has 0 saturated carbocycles. The zero-order chi connectivity index (χ0) is 24.7. The molecule has 0 saturated heterocycles. The van der Waals surface area contributed by atoms with E-state index >= 15 is 0 Å². The summed E-state index contributed by atoms with van der Waals surface area (Å²) in [5.74, 6) is -0.299. The van der Waals surface area contributed by atoms with Crippen LogP contribution in [0.5, 0.6) is 5.75 Å². The van der Waals surface area contributed by atoms with Gasteiger partial charge in [0.2, 0.25) is 0 Å². The molecule has 1 atom stereocenters. The maximum atomic E-state index is 11.5. The van der Waals surface area contributed by atoms with Gasteiger partial charge in [-0.05, 0) is 58.1 Å². The average molecular weight is 464 g/mol. The van der Waals surface area contributed by atoms with Gasteiger partial charge in [-0.3, -0.25) is 14.8 Å². The van der Waals surface area contributed by atoms with Crippen LogP contribution in [0.25, 0.3) is 0 Å². The number of likely N-dealkylation sites (N-methyl/N-ethyl adjacent to an activating group) is 1. The molecule has 2 N–H and O–H groups in total. The van der Waals surface area contributed by atoms with Gasteiger partial charge in [0.05, 0.1) is 12.1 Å². The largest absolute Gasteiger partial charge is 0.489 e.